The Balaban J connectivity index is 1.68. The number of esters is 1. The van der Waals surface area contributed by atoms with E-state index in [1.54, 1.807) is 32.9 Å². The number of amides is 2. The van der Waals surface area contributed by atoms with Gasteiger partial charge >= 0.3 is 24.4 Å². The van der Waals surface area contributed by atoms with Gasteiger partial charge in [0, 0.05) is 17.7 Å². The Morgan fingerprint density at radius 3 is 2.16 bits per heavy atom. The molecule has 0 aromatic heterocycles. The summed E-state index contributed by atoms with van der Waals surface area (Å²) in [5.41, 5.74) is -2.02. The van der Waals surface area contributed by atoms with E-state index in [0.717, 1.165) is 17.6 Å². The number of hydrogen-bond acceptors (Lipinski definition) is 6. The van der Waals surface area contributed by atoms with Crippen LogP contribution in [0.1, 0.15) is 99.5 Å². The molecule has 2 atom stereocenters. The van der Waals surface area contributed by atoms with Crippen molar-refractivity contribution in [3.63, 3.8) is 0 Å². The van der Waals surface area contributed by atoms with E-state index in [9.17, 15) is 40.7 Å². The molecule has 1 fully saturated rings. The molecule has 1 saturated heterocycles. The summed E-state index contributed by atoms with van der Waals surface area (Å²) in [6.07, 6.45) is -10.7. The molecule has 4 rings (SSSR count). The fourth-order valence-corrected chi connectivity index (χ4v) is 6.11. The topological polar surface area (TPSA) is 94.2 Å². The van der Waals surface area contributed by atoms with Crippen LogP contribution < -0.4 is 10.1 Å². The highest BCUT2D eigenvalue weighted by Crippen LogP contribution is 2.46. The second-order valence-electron chi connectivity index (χ2n) is 14.1. The van der Waals surface area contributed by atoms with Gasteiger partial charge in [-0.15, -0.1) is 0 Å². The van der Waals surface area contributed by atoms with E-state index < -0.39 is 64.8 Å². The van der Waals surface area contributed by atoms with Crippen molar-refractivity contribution in [2.75, 3.05) is 20.2 Å². The molecule has 268 valence electrons. The second-order valence-corrected chi connectivity index (χ2v) is 14.1. The summed E-state index contributed by atoms with van der Waals surface area (Å²) in [7, 11) is 1.46. The minimum absolute atomic E-state index is 0.0292. The van der Waals surface area contributed by atoms with Gasteiger partial charge in [0.05, 0.1) is 24.3 Å². The molecule has 8 nitrogen and oxygen atoms in total. The van der Waals surface area contributed by atoms with Gasteiger partial charge in [0.15, 0.2) is 0 Å². The Hall–Kier alpha value is -4.23. The summed E-state index contributed by atoms with van der Waals surface area (Å²) in [5, 5.41) is 2.55. The highest BCUT2D eigenvalue weighted by Gasteiger charge is 2.44. The molecule has 1 aliphatic carbocycles. The molecule has 2 amide bonds. The van der Waals surface area contributed by atoms with Crippen molar-refractivity contribution >= 4 is 23.5 Å². The lowest BCUT2D eigenvalue weighted by Gasteiger charge is -2.36. The molecule has 1 aliphatic heterocycles. The largest absolute Gasteiger partial charge is 0.496 e. The van der Waals surface area contributed by atoms with Crippen LogP contribution in [0.4, 0.5) is 31.1 Å². The number of benzene rings is 2. The third kappa shape index (κ3) is 9.07. The first-order chi connectivity index (χ1) is 22.5. The number of hydrogen-bond donors (Lipinski definition) is 1. The third-order valence-corrected chi connectivity index (χ3v) is 8.46. The molecule has 0 radical (unpaired) electrons. The van der Waals surface area contributed by atoms with Crippen molar-refractivity contribution < 1.29 is 54.9 Å². The van der Waals surface area contributed by atoms with Crippen LogP contribution in [0.2, 0.25) is 0 Å². The summed E-state index contributed by atoms with van der Waals surface area (Å²) in [6.45, 7) is 10.3. The van der Waals surface area contributed by atoms with E-state index in [1.807, 2.05) is 13.8 Å². The van der Waals surface area contributed by atoms with E-state index >= 15 is 0 Å². The standard InChI is InChI=1S/C35H40F6N2O6/c1-19-29(21-12-23(34(36,37)38)15-24(13-21)35(39,40)41)48-31(46)43(19)18-22-16-33(5,6)11-10-25(22)26-14-20(8-9-27(26)47-7)30(45)42-17-28(44)49-32(2,3)4/h8-9,12-15,19,29H,10-11,16-18H2,1-7H3,(H,42,45). The maximum atomic E-state index is 13.6. The number of nitrogens with zero attached hydrogens (tertiary/aromatic N) is 1. The molecule has 0 saturated carbocycles. The van der Waals surface area contributed by atoms with Gasteiger partial charge in [0.2, 0.25) is 0 Å². The fraction of sp³-hybridized carbons (Fsp3) is 0.514. The molecule has 1 N–H and O–H groups in total. The lowest BCUT2D eigenvalue weighted by atomic mass is 9.72. The lowest BCUT2D eigenvalue weighted by molar-refractivity contribution is -0.153. The van der Waals surface area contributed by atoms with Crippen LogP contribution in [-0.4, -0.2) is 54.7 Å². The molecule has 2 unspecified atom stereocenters. The van der Waals surface area contributed by atoms with E-state index in [0.29, 0.717) is 36.3 Å². The van der Waals surface area contributed by atoms with Crippen molar-refractivity contribution in [3.05, 3.63) is 69.8 Å². The van der Waals surface area contributed by atoms with Gasteiger partial charge < -0.3 is 19.5 Å². The Labute approximate surface area is 280 Å². The predicted octanol–water partition coefficient (Wildman–Crippen LogP) is 8.35. The predicted molar refractivity (Wildman–Crippen MR) is 168 cm³/mol. The quantitative estimate of drug-likeness (QED) is 0.220. The number of cyclic esters (lactones) is 1. The number of halogens is 6. The summed E-state index contributed by atoms with van der Waals surface area (Å²) < 4.78 is 97.8. The number of alkyl halides is 6. The van der Waals surface area contributed by atoms with Crippen LogP contribution in [0, 0.1) is 5.41 Å². The molecule has 14 heteroatoms. The van der Waals surface area contributed by atoms with E-state index in [1.165, 1.54) is 25.0 Å². The van der Waals surface area contributed by atoms with Crippen LogP contribution in [0.3, 0.4) is 0 Å². The van der Waals surface area contributed by atoms with Gasteiger partial charge in [0.1, 0.15) is 24.0 Å². The van der Waals surface area contributed by atoms with Crippen LogP contribution >= 0.6 is 0 Å². The molecule has 2 aliphatic rings. The lowest BCUT2D eigenvalue weighted by Crippen LogP contribution is -2.36. The summed E-state index contributed by atoms with van der Waals surface area (Å²) >= 11 is 0. The normalized spacial score (nSPS) is 19.9. The van der Waals surface area contributed by atoms with Gasteiger partial charge in [-0.05, 0) is 105 Å². The van der Waals surface area contributed by atoms with Gasteiger partial charge in [0.25, 0.3) is 5.91 Å². The average molecular weight is 699 g/mol. The molecule has 49 heavy (non-hydrogen) atoms. The van der Waals surface area contributed by atoms with Crippen LogP contribution in [0.5, 0.6) is 5.75 Å². The Morgan fingerprint density at radius 2 is 1.61 bits per heavy atom. The zero-order chi connectivity index (χ0) is 36.7. The molecule has 2 aromatic carbocycles. The minimum Gasteiger partial charge on any atom is -0.496 e. The van der Waals surface area contributed by atoms with E-state index in [4.69, 9.17) is 14.2 Å². The van der Waals surface area contributed by atoms with Crippen molar-refractivity contribution in [2.45, 2.75) is 90.9 Å². The molecule has 0 bridgehead atoms. The average Bonchev–Trinajstić information content (AvgIpc) is 3.25. The number of allylic oxidation sites excluding steroid dienone is 1. The van der Waals surface area contributed by atoms with Crippen LogP contribution in [0.25, 0.3) is 5.57 Å². The zero-order valence-electron chi connectivity index (χ0n) is 28.3. The van der Waals surface area contributed by atoms with Gasteiger partial charge in [-0.1, -0.05) is 13.8 Å². The first-order valence-corrected chi connectivity index (χ1v) is 15.6. The van der Waals surface area contributed by atoms with Crippen LogP contribution in [-0.2, 0) is 26.6 Å². The SMILES string of the molecule is COc1ccc(C(=O)NCC(=O)OC(C)(C)C)cc1C1=C(CN2C(=O)OC(c3cc(C(F)(F)F)cc(C(F)(F)F)c3)C2C)CC(C)(C)CC1. The number of methoxy groups -OCH3 is 1. The first kappa shape index (κ1) is 37.6. The first-order valence-electron chi connectivity index (χ1n) is 15.6. The monoisotopic (exact) mass is 698 g/mol. The zero-order valence-corrected chi connectivity index (χ0v) is 28.3. The summed E-state index contributed by atoms with van der Waals surface area (Å²) in [4.78, 5) is 39.7. The van der Waals surface area contributed by atoms with Gasteiger partial charge in [-0.25, -0.2) is 4.79 Å². The van der Waals surface area contributed by atoms with Crippen molar-refractivity contribution in [2.24, 2.45) is 5.41 Å². The van der Waals surface area contributed by atoms with E-state index in [-0.39, 0.29) is 30.1 Å². The smallest absolute Gasteiger partial charge is 0.416 e. The highest BCUT2D eigenvalue weighted by molar-refractivity contribution is 5.97. The maximum Gasteiger partial charge on any atom is 0.416 e. The highest BCUT2D eigenvalue weighted by atomic mass is 19.4. The van der Waals surface area contributed by atoms with Crippen molar-refractivity contribution in [1.82, 2.24) is 10.2 Å². The summed E-state index contributed by atoms with van der Waals surface area (Å²) in [5.74, 6) is -0.708. The molecular formula is C35H40F6N2O6. The number of carbonyl (C=O) groups excluding carboxylic acids is 3. The molecule has 2 aromatic rings. The van der Waals surface area contributed by atoms with Crippen molar-refractivity contribution in [3.8, 4) is 5.75 Å². The Morgan fingerprint density at radius 1 is 1.00 bits per heavy atom. The Bertz CT molecular complexity index is 1610. The maximum absolute atomic E-state index is 13.6. The fourth-order valence-electron chi connectivity index (χ4n) is 6.11. The van der Waals surface area contributed by atoms with Crippen LogP contribution in [0.15, 0.2) is 42.0 Å². The second kappa shape index (κ2) is 13.6. The minimum atomic E-state index is -5.06. The summed E-state index contributed by atoms with van der Waals surface area (Å²) in [6, 6.07) is 5.02. The van der Waals surface area contributed by atoms with Crippen molar-refractivity contribution in [1.29, 1.82) is 0 Å². The van der Waals surface area contributed by atoms with E-state index in [2.05, 4.69) is 5.32 Å². The number of ether oxygens (including phenoxy) is 3. The Kier molecular flexibility index (Phi) is 10.4. The molecule has 1 heterocycles. The number of nitrogens with one attached hydrogen (secondary N) is 1. The number of carbonyl (C=O) groups is 3. The van der Waals surface area contributed by atoms with Gasteiger partial charge in [-0.3, -0.25) is 14.5 Å². The molecular weight excluding hydrogens is 658 g/mol. The van der Waals surface area contributed by atoms with Gasteiger partial charge in [-0.2, -0.15) is 26.3 Å². The number of rotatable bonds is 8. The molecule has 0 spiro atoms. The third-order valence-electron chi connectivity index (χ3n) is 8.46.